The fourth-order valence-electron chi connectivity index (χ4n) is 1.91. The van der Waals surface area contributed by atoms with Crippen LogP contribution < -0.4 is 5.73 Å². The van der Waals surface area contributed by atoms with Gasteiger partial charge in [0.25, 0.3) is 0 Å². The minimum atomic E-state index is 0.376. The van der Waals surface area contributed by atoms with Crippen LogP contribution >= 0.6 is 0 Å². The largest absolute Gasteiger partial charge is 0.330 e. The monoisotopic (exact) mass is 219 g/mol. The molecule has 0 aliphatic heterocycles. The van der Waals surface area contributed by atoms with Crippen LogP contribution in [0.25, 0.3) is 0 Å². The van der Waals surface area contributed by atoms with Crippen LogP contribution in [0.4, 0.5) is 0 Å². The number of aryl methyl sites for hydroxylation is 1. The topological polar surface area (TPSA) is 26.0 Å². The second-order valence-electron chi connectivity index (χ2n) is 5.80. The maximum Gasteiger partial charge on any atom is -0.00772 e. The van der Waals surface area contributed by atoms with E-state index in [2.05, 4.69) is 45.0 Å². The minimum absolute atomic E-state index is 0.376. The number of hydrogen-bond donors (Lipinski definition) is 1. The van der Waals surface area contributed by atoms with Gasteiger partial charge in [0.2, 0.25) is 0 Å². The Kier molecular flexibility index (Phi) is 5.01. The van der Waals surface area contributed by atoms with Crippen LogP contribution in [0.5, 0.6) is 0 Å². The van der Waals surface area contributed by atoms with E-state index in [1.165, 1.54) is 17.5 Å². The summed E-state index contributed by atoms with van der Waals surface area (Å²) in [5.41, 5.74) is 8.74. The van der Waals surface area contributed by atoms with Crippen LogP contribution in [0.1, 0.15) is 44.7 Å². The van der Waals surface area contributed by atoms with Gasteiger partial charge >= 0.3 is 0 Å². The van der Waals surface area contributed by atoms with E-state index in [9.17, 15) is 0 Å². The molecule has 90 valence electrons. The van der Waals surface area contributed by atoms with Gasteiger partial charge in [0.15, 0.2) is 0 Å². The third kappa shape index (κ3) is 5.32. The Morgan fingerprint density at radius 2 is 1.50 bits per heavy atom. The molecule has 0 fully saturated rings. The number of rotatable bonds is 5. The van der Waals surface area contributed by atoms with Gasteiger partial charge in [0.1, 0.15) is 0 Å². The Morgan fingerprint density at radius 1 is 0.938 bits per heavy atom. The van der Waals surface area contributed by atoms with Gasteiger partial charge in [-0.2, -0.15) is 0 Å². The van der Waals surface area contributed by atoms with Crippen molar-refractivity contribution < 1.29 is 0 Å². The first kappa shape index (κ1) is 13.2. The molecule has 1 heteroatoms. The van der Waals surface area contributed by atoms with E-state index < -0.39 is 0 Å². The molecular weight excluding hydrogens is 194 g/mol. The maximum absolute atomic E-state index is 5.49. The summed E-state index contributed by atoms with van der Waals surface area (Å²) >= 11 is 0. The highest BCUT2D eigenvalue weighted by atomic mass is 14.5. The fraction of sp³-hybridized carbons (Fsp3) is 0.600. The maximum atomic E-state index is 5.49. The molecule has 0 saturated carbocycles. The van der Waals surface area contributed by atoms with Gasteiger partial charge in [-0.3, -0.25) is 0 Å². The lowest BCUT2D eigenvalue weighted by Gasteiger charge is -2.18. The second-order valence-corrected chi connectivity index (χ2v) is 5.80. The van der Waals surface area contributed by atoms with E-state index in [-0.39, 0.29) is 0 Å². The molecule has 0 radical (unpaired) electrons. The van der Waals surface area contributed by atoms with Gasteiger partial charge in [0.05, 0.1) is 0 Å². The summed E-state index contributed by atoms with van der Waals surface area (Å²) in [5, 5.41) is 0. The van der Waals surface area contributed by atoms with Crippen molar-refractivity contribution in [2.75, 3.05) is 6.54 Å². The van der Waals surface area contributed by atoms with Gasteiger partial charge in [-0.15, -0.1) is 0 Å². The molecule has 16 heavy (non-hydrogen) atoms. The van der Waals surface area contributed by atoms with Crippen LogP contribution in [-0.4, -0.2) is 6.54 Å². The van der Waals surface area contributed by atoms with Crippen LogP contribution in [0.15, 0.2) is 24.3 Å². The Morgan fingerprint density at radius 3 is 2.00 bits per heavy atom. The summed E-state index contributed by atoms with van der Waals surface area (Å²) in [6, 6.07) is 9.06. The van der Waals surface area contributed by atoms with E-state index in [0.29, 0.717) is 5.41 Å². The first-order valence-corrected chi connectivity index (χ1v) is 6.29. The summed E-state index contributed by atoms with van der Waals surface area (Å²) < 4.78 is 0. The Hall–Kier alpha value is -0.820. The molecular formula is C15H25N. The van der Waals surface area contributed by atoms with Crippen molar-refractivity contribution in [1.82, 2.24) is 0 Å². The first-order chi connectivity index (χ1) is 7.51. The number of hydrogen-bond acceptors (Lipinski definition) is 1. The molecule has 0 atom stereocenters. The molecule has 0 spiro atoms. The summed E-state index contributed by atoms with van der Waals surface area (Å²) in [7, 11) is 0. The standard InChI is InChI=1S/C15H25N/c1-15(2,3)12-14-9-7-13(8-10-14)6-4-5-11-16/h7-10H,4-6,11-12,16H2,1-3H3. The molecule has 0 aliphatic carbocycles. The van der Waals surface area contributed by atoms with Gasteiger partial charge in [-0.05, 0) is 48.8 Å². The van der Waals surface area contributed by atoms with Gasteiger partial charge in [-0.1, -0.05) is 45.0 Å². The third-order valence-electron chi connectivity index (χ3n) is 2.68. The molecule has 0 bridgehead atoms. The van der Waals surface area contributed by atoms with Crippen molar-refractivity contribution in [3.05, 3.63) is 35.4 Å². The van der Waals surface area contributed by atoms with Gasteiger partial charge in [-0.25, -0.2) is 0 Å². The zero-order chi connectivity index (χ0) is 12.0. The van der Waals surface area contributed by atoms with E-state index in [1.807, 2.05) is 0 Å². The van der Waals surface area contributed by atoms with Crippen molar-refractivity contribution in [2.24, 2.45) is 11.1 Å². The van der Waals surface area contributed by atoms with E-state index in [1.54, 1.807) is 0 Å². The molecule has 0 saturated heterocycles. The zero-order valence-electron chi connectivity index (χ0n) is 10.9. The van der Waals surface area contributed by atoms with Crippen LogP contribution in [0, 0.1) is 5.41 Å². The first-order valence-electron chi connectivity index (χ1n) is 6.29. The summed E-state index contributed by atoms with van der Waals surface area (Å²) in [6.07, 6.45) is 4.64. The summed E-state index contributed by atoms with van der Waals surface area (Å²) in [5.74, 6) is 0. The van der Waals surface area contributed by atoms with E-state index in [4.69, 9.17) is 5.73 Å². The predicted octanol–water partition coefficient (Wildman–Crippen LogP) is 3.56. The molecule has 0 aliphatic rings. The van der Waals surface area contributed by atoms with Crippen LogP contribution in [-0.2, 0) is 12.8 Å². The smallest absolute Gasteiger partial charge is 0.00772 e. The van der Waals surface area contributed by atoms with Gasteiger partial charge in [0, 0.05) is 0 Å². The SMILES string of the molecule is CC(C)(C)Cc1ccc(CCCCN)cc1. The summed E-state index contributed by atoms with van der Waals surface area (Å²) in [4.78, 5) is 0. The molecule has 1 aromatic rings. The zero-order valence-corrected chi connectivity index (χ0v) is 10.9. The average molecular weight is 219 g/mol. The van der Waals surface area contributed by atoms with E-state index in [0.717, 1.165) is 25.8 Å². The number of unbranched alkanes of at least 4 members (excludes halogenated alkanes) is 1. The van der Waals surface area contributed by atoms with Crippen LogP contribution in [0.2, 0.25) is 0 Å². The van der Waals surface area contributed by atoms with Crippen LogP contribution in [0.3, 0.4) is 0 Å². The van der Waals surface area contributed by atoms with Crippen molar-refractivity contribution in [1.29, 1.82) is 0 Å². The molecule has 1 nitrogen and oxygen atoms in total. The van der Waals surface area contributed by atoms with Crippen molar-refractivity contribution in [3.63, 3.8) is 0 Å². The van der Waals surface area contributed by atoms with E-state index >= 15 is 0 Å². The molecule has 1 rings (SSSR count). The number of benzene rings is 1. The van der Waals surface area contributed by atoms with Crippen molar-refractivity contribution in [2.45, 2.75) is 46.5 Å². The Bertz CT molecular complexity index is 292. The average Bonchev–Trinajstić information content (AvgIpc) is 2.19. The molecule has 1 aromatic carbocycles. The third-order valence-corrected chi connectivity index (χ3v) is 2.68. The van der Waals surface area contributed by atoms with Crippen molar-refractivity contribution >= 4 is 0 Å². The predicted molar refractivity (Wildman–Crippen MR) is 71.6 cm³/mol. The quantitative estimate of drug-likeness (QED) is 0.753. The normalized spacial score (nSPS) is 11.8. The Balaban J connectivity index is 2.48. The second kappa shape index (κ2) is 6.05. The highest BCUT2D eigenvalue weighted by molar-refractivity contribution is 5.23. The highest BCUT2D eigenvalue weighted by Gasteiger charge is 2.10. The highest BCUT2D eigenvalue weighted by Crippen LogP contribution is 2.20. The fourth-order valence-corrected chi connectivity index (χ4v) is 1.91. The molecule has 0 amide bonds. The van der Waals surface area contributed by atoms with Gasteiger partial charge < -0.3 is 5.73 Å². The summed E-state index contributed by atoms with van der Waals surface area (Å²) in [6.45, 7) is 7.65. The van der Waals surface area contributed by atoms with Crippen molar-refractivity contribution in [3.8, 4) is 0 Å². The molecule has 0 unspecified atom stereocenters. The molecule has 0 aromatic heterocycles. The molecule has 2 N–H and O–H groups in total. The number of nitrogens with two attached hydrogens (primary N) is 1. The minimum Gasteiger partial charge on any atom is -0.330 e. The lowest BCUT2D eigenvalue weighted by molar-refractivity contribution is 0.411. The molecule has 0 heterocycles. The Labute approximate surface area is 100 Å². The lowest BCUT2D eigenvalue weighted by Crippen LogP contribution is -2.08. The lowest BCUT2D eigenvalue weighted by atomic mass is 9.88.